The molecule has 0 atom stereocenters. The second kappa shape index (κ2) is 7.78. The predicted octanol–water partition coefficient (Wildman–Crippen LogP) is 6.28. The third-order valence-electron chi connectivity index (χ3n) is 5.82. The average Bonchev–Trinajstić information content (AvgIpc) is 3.09. The molecule has 0 amide bonds. The Kier molecular flexibility index (Phi) is 4.95. The molecule has 0 spiro atoms. The first-order valence-electron chi connectivity index (χ1n) is 10.4. The maximum Gasteiger partial charge on any atom is 0.211 e. The molecule has 31 heavy (non-hydrogen) atoms. The van der Waals surface area contributed by atoms with Gasteiger partial charge >= 0.3 is 0 Å². The van der Waals surface area contributed by atoms with Gasteiger partial charge < -0.3 is 9.64 Å². The van der Waals surface area contributed by atoms with Gasteiger partial charge in [0.15, 0.2) is 11.4 Å². The van der Waals surface area contributed by atoms with Crippen LogP contribution in [0.25, 0.3) is 22.5 Å². The second-order valence-corrected chi connectivity index (χ2v) is 8.94. The standard InChI is InChI=1S/C27H25N2OS/c1-18-15-20(16-19(2)29(18)22-10-12-23(30-4)13-11-22)17-26-28(3)27-24-8-6-5-7-21(24)9-14-25(27)31-26/h5-17H,1-4H3/q+1. The van der Waals surface area contributed by atoms with Crippen molar-refractivity contribution in [3.8, 4) is 11.4 Å². The fourth-order valence-electron chi connectivity index (χ4n) is 4.38. The van der Waals surface area contributed by atoms with Gasteiger partial charge in [-0.1, -0.05) is 42.1 Å². The lowest BCUT2D eigenvalue weighted by Crippen LogP contribution is -2.37. The first-order valence-corrected chi connectivity index (χ1v) is 11.2. The molecule has 1 aliphatic heterocycles. The molecule has 2 heterocycles. The number of thioether (sulfide) groups is 1. The Morgan fingerprint density at radius 2 is 1.61 bits per heavy atom. The predicted molar refractivity (Wildman–Crippen MR) is 130 cm³/mol. The van der Waals surface area contributed by atoms with Crippen molar-refractivity contribution >= 4 is 34.3 Å². The number of rotatable bonds is 3. The quantitative estimate of drug-likeness (QED) is 0.359. The molecule has 3 aromatic carbocycles. The van der Waals surface area contributed by atoms with E-state index in [1.165, 1.54) is 43.3 Å². The van der Waals surface area contributed by atoms with Crippen molar-refractivity contribution < 1.29 is 9.30 Å². The van der Waals surface area contributed by atoms with E-state index >= 15 is 0 Å². The van der Waals surface area contributed by atoms with Crippen LogP contribution >= 0.6 is 11.8 Å². The molecule has 0 fully saturated rings. The van der Waals surface area contributed by atoms with E-state index in [0.717, 1.165) is 11.4 Å². The normalized spacial score (nSPS) is 14.3. The monoisotopic (exact) mass is 425 g/mol. The van der Waals surface area contributed by atoms with Crippen LogP contribution < -0.4 is 14.2 Å². The van der Waals surface area contributed by atoms with Gasteiger partial charge in [-0.2, -0.15) is 4.57 Å². The van der Waals surface area contributed by atoms with Crippen LogP contribution in [0.1, 0.15) is 17.0 Å². The van der Waals surface area contributed by atoms with Crippen LogP contribution in [0.3, 0.4) is 0 Å². The summed E-state index contributed by atoms with van der Waals surface area (Å²) >= 11 is 1.84. The highest BCUT2D eigenvalue weighted by Crippen LogP contribution is 2.49. The molecule has 0 saturated heterocycles. The van der Waals surface area contributed by atoms with Crippen molar-refractivity contribution in [2.24, 2.45) is 0 Å². The number of methoxy groups -OCH3 is 1. The van der Waals surface area contributed by atoms with Crippen molar-refractivity contribution in [2.75, 3.05) is 19.1 Å². The SMILES string of the molecule is COc1ccc(-[n+]2c(C)cc(/C=C3\Sc4ccc5ccccc5c4N3C)cc2C)cc1. The largest absolute Gasteiger partial charge is 0.497 e. The number of anilines is 1. The van der Waals surface area contributed by atoms with Gasteiger partial charge in [-0.05, 0) is 35.2 Å². The third kappa shape index (κ3) is 3.47. The third-order valence-corrected chi connectivity index (χ3v) is 6.97. The molecule has 0 saturated carbocycles. The Labute approximate surface area is 187 Å². The highest BCUT2D eigenvalue weighted by Gasteiger charge is 2.24. The molecule has 154 valence electrons. The number of nitrogens with zero attached hydrogens (tertiary/aromatic N) is 2. The molecule has 4 heteroatoms. The Morgan fingerprint density at radius 1 is 0.903 bits per heavy atom. The van der Waals surface area contributed by atoms with E-state index in [4.69, 9.17) is 4.74 Å². The number of benzene rings is 3. The maximum atomic E-state index is 5.30. The summed E-state index contributed by atoms with van der Waals surface area (Å²) in [5.74, 6) is 0.870. The molecule has 0 aliphatic carbocycles. The van der Waals surface area contributed by atoms with Crippen LogP contribution in [0, 0.1) is 13.8 Å². The van der Waals surface area contributed by atoms with Gasteiger partial charge in [-0.3, -0.25) is 0 Å². The van der Waals surface area contributed by atoms with Crippen molar-refractivity contribution in [1.29, 1.82) is 0 Å². The molecule has 4 aromatic rings. The fourth-order valence-corrected chi connectivity index (χ4v) is 5.51. The van der Waals surface area contributed by atoms with Gasteiger partial charge in [-0.25, -0.2) is 0 Å². The zero-order valence-corrected chi connectivity index (χ0v) is 19.0. The van der Waals surface area contributed by atoms with Crippen LogP contribution in [-0.2, 0) is 0 Å². The number of pyridine rings is 1. The number of hydrogen-bond acceptors (Lipinski definition) is 3. The Hall–Kier alpha value is -3.24. The van der Waals surface area contributed by atoms with Gasteiger partial charge in [0, 0.05) is 55.4 Å². The summed E-state index contributed by atoms with van der Waals surface area (Å²) in [6.45, 7) is 4.32. The van der Waals surface area contributed by atoms with Gasteiger partial charge in [0.2, 0.25) is 5.69 Å². The van der Waals surface area contributed by atoms with Crippen LogP contribution in [0.5, 0.6) is 5.75 Å². The van der Waals surface area contributed by atoms with Crippen LogP contribution in [-0.4, -0.2) is 14.2 Å². The van der Waals surface area contributed by atoms with Crippen molar-refractivity contribution in [2.45, 2.75) is 18.7 Å². The molecule has 1 aromatic heterocycles. The van der Waals surface area contributed by atoms with Gasteiger partial charge in [0.1, 0.15) is 5.75 Å². The summed E-state index contributed by atoms with van der Waals surface area (Å²) in [5, 5.41) is 3.82. The van der Waals surface area contributed by atoms with Crippen LogP contribution in [0.2, 0.25) is 0 Å². The summed E-state index contributed by atoms with van der Waals surface area (Å²) in [6.07, 6.45) is 2.29. The summed E-state index contributed by atoms with van der Waals surface area (Å²) in [5.41, 5.74) is 6.05. The Bertz CT molecular complexity index is 1300. The van der Waals surface area contributed by atoms with Crippen LogP contribution in [0.4, 0.5) is 5.69 Å². The van der Waals surface area contributed by atoms with Crippen molar-refractivity contribution in [3.63, 3.8) is 0 Å². The zero-order valence-electron chi connectivity index (χ0n) is 18.2. The molecule has 0 N–H and O–H groups in total. The van der Waals surface area contributed by atoms with Gasteiger partial charge in [0.05, 0.1) is 17.8 Å². The Morgan fingerprint density at radius 3 is 2.32 bits per heavy atom. The highest BCUT2D eigenvalue weighted by molar-refractivity contribution is 8.04. The minimum Gasteiger partial charge on any atom is -0.497 e. The molecular weight excluding hydrogens is 400 g/mol. The van der Waals surface area contributed by atoms with E-state index in [1.54, 1.807) is 7.11 Å². The summed E-state index contributed by atoms with van der Waals surface area (Å²) < 4.78 is 7.57. The lowest BCUT2D eigenvalue weighted by Gasteiger charge is -2.16. The van der Waals surface area contributed by atoms with Crippen LogP contribution in [0.15, 0.2) is 82.7 Å². The van der Waals surface area contributed by atoms with Gasteiger partial charge in [0.25, 0.3) is 0 Å². The van der Waals surface area contributed by atoms with E-state index in [0.29, 0.717) is 0 Å². The average molecular weight is 426 g/mol. The minimum atomic E-state index is 0.870. The maximum absolute atomic E-state index is 5.30. The minimum absolute atomic E-state index is 0.870. The highest BCUT2D eigenvalue weighted by atomic mass is 32.2. The molecule has 3 nitrogen and oxygen atoms in total. The fraction of sp³-hybridized carbons (Fsp3) is 0.148. The molecule has 5 rings (SSSR count). The molecule has 0 radical (unpaired) electrons. The van der Waals surface area contributed by atoms with Crippen molar-refractivity contribution in [1.82, 2.24) is 0 Å². The molecular formula is C27H25N2OS+. The first kappa shape index (κ1) is 19.7. The zero-order chi connectivity index (χ0) is 21.5. The molecule has 1 aliphatic rings. The molecule has 0 unspecified atom stereocenters. The number of aromatic nitrogens is 1. The number of aryl methyl sites for hydroxylation is 2. The topological polar surface area (TPSA) is 16.4 Å². The lowest BCUT2D eigenvalue weighted by atomic mass is 10.1. The summed E-state index contributed by atoms with van der Waals surface area (Å²) in [7, 11) is 3.86. The number of hydrogen-bond donors (Lipinski definition) is 0. The second-order valence-electron chi connectivity index (χ2n) is 7.88. The van der Waals surface area contributed by atoms with Gasteiger partial charge in [-0.15, -0.1) is 0 Å². The van der Waals surface area contributed by atoms with E-state index in [2.05, 4.69) is 97.1 Å². The summed E-state index contributed by atoms with van der Waals surface area (Å²) in [4.78, 5) is 3.63. The van der Waals surface area contributed by atoms with E-state index in [-0.39, 0.29) is 0 Å². The first-order chi connectivity index (χ1) is 15.0. The van der Waals surface area contributed by atoms with E-state index in [9.17, 15) is 0 Å². The summed E-state index contributed by atoms with van der Waals surface area (Å²) in [6, 6.07) is 25.8. The number of fused-ring (bicyclic) bond motifs is 3. The smallest absolute Gasteiger partial charge is 0.211 e. The van der Waals surface area contributed by atoms with Crippen molar-refractivity contribution in [3.05, 3.63) is 94.8 Å². The van der Waals surface area contributed by atoms with E-state index in [1.807, 2.05) is 23.9 Å². The van der Waals surface area contributed by atoms with E-state index < -0.39 is 0 Å². The Balaban J connectivity index is 1.51. The number of ether oxygens (including phenoxy) is 1. The lowest BCUT2D eigenvalue weighted by molar-refractivity contribution is -0.609. The molecule has 0 bridgehead atoms.